The Labute approximate surface area is 196 Å². The van der Waals surface area contributed by atoms with Gasteiger partial charge in [0.25, 0.3) is 21.8 Å². The molecule has 0 unspecified atom stereocenters. The van der Waals surface area contributed by atoms with E-state index in [0.29, 0.717) is 31.7 Å². The predicted molar refractivity (Wildman–Crippen MR) is 124 cm³/mol. The number of hydrogen-bond donors (Lipinski definition) is 2. The second kappa shape index (κ2) is 9.52. The maximum atomic E-state index is 13.0. The quantitative estimate of drug-likeness (QED) is 0.580. The second-order valence-electron chi connectivity index (χ2n) is 7.74. The molecule has 1 aliphatic rings. The van der Waals surface area contributed by atoms with Crippen LogP contribution in [0.15, 0.2) is 77.7 Å². The van der Waals surface area contributed by atoms with Crippen molar-refractivity contribution in [3.8, 4) is 5.75 Å². The Bertz CT molecular complexity index is 1300. The molecule has 1 aliphatic heterocycles. The van der Waals surface area contributed by atoms with Crippen molar-refractivity contribution in [1.29, 1.82) is 0 Å². The highest BCUT2D eigenvalue weighted by Gasteiger charge is 2.27. The number of amides is 2. The number of anilines is 1. The number of aromatic hydroxyl groups is 1. The summed E-state index contributed by atoms with van der Waals surface area (Å²) in [5.41, 5.74) is 0.757. The van der Waals surface area contributed by atoms with Crippen molar-refractivity contribution in [2.24, 2.45) is 0 Å². The van der Waals surface area contributed by atoms with E-state index in [2.05, 4.69) is 4.72 Å². The van der Waals surface area contributed by atoms with E-state index in [1.165, 1.54) is 42.5 Å². The number of benzene rings is 3. The number of piperazine rings is 1. The minimum atomic E-state index is -3.90. The Kier molecular flexibility index (Phi) is 6.51. The third kappa shape index (κ3) is 5.01. The van der Waals surface area contributed by atoms with Crippen molar-refractivity contribution >= 4 is 27.5 Å². The SMILES string of the molecule is O=C(c1ccc(S(=O)(=O)Nc2ccc(F)cc2)cc1)N1CCN(C(=O)c2ccccc2O)CC1. The van der Waals surface area contributed by atoms with Crippen LogP contribution >= 0.6 is 0 Å². The molecule has 176 valence electrons. The van der Waals surface area contributed by atoms with Crippen LogP contribution in [0.2, 0.25) is 0 Å². The number of nitrogens with zero attached hydrogens (tertiary/aromatic N) is 2. The predicted octanol–water partition coefficient (Wildman–Crippen LogP) is 2.93. The first-order valence-corrected chi connectivity index (χ1v) is 12.0. The number of carbonyl (C=O) groups is 2. The van der Waals surface area contributed by atoms with Crippen LogP contribution in [0.5, 0.6) is 5.75 Å². The van der Waals surface area contributed by atoms with Gasteiger partial charge in [-0.25, -0.2) is 12.8 Å². The van der Waals surface area contributed by atoms with Crippen LogP contribution in [-0.4, -0.2) is 61.3 Å². The Morgan fingerprint density at radius 2 is 1.35 bits per heavy atom. The summed E-state index contributed by atoms with van der Waals surface area (Å²) in [5, 5.41) is 9.90. The van der Waals surface area contributed by atoms with E-state index >= 15 is 0 Å². The van der Waals surface area contributed by atoms with Crippen LogP contribution in [0.4, 0.5) is 10.1 Å². The molecule has 2 N–H and O–H groups in total. The molecule has 4 rings (SSSR count). The molecule has 2 amide bonds. The number of phenols is 1. The summed E-state index contributed by atoms with van der Waals surface area (Å²) in [6.07, 6.45) is 0. The fraction of sp³-hybridized carbons (Fsp3) is 0.167. The Balaban J connectivity index is 1.38. The zero-order chi connectivity index (χ0) is 24.3. The van der Waals surface area contributed by atoms with Crippen LogP contribution in [-0.2, 0) is 10.0 Å². The lowest BCUT2D eigenvalue weighted by molar-refractivity contribution is 0.0533. The number of rotatable bonds is 5. The largest absolute Gasteiger partial charge is 0.507 e. The maximum absolute atomic E-state index is 13.0. The number of halogens is 1. The number of hydrogen-bond acceptors (Lipinski definition) is 5. The number of sulfonamides is 1. The first kappa shape index (κ1) is 23.2. The fourth-order valence-electron chi connectivity index (χ4n) is 3.63. The standard InChI is InChI=1S/C24H22FN3O5S/c25-18-7-9-19(10-8-18)26-34(32,33)20-11-5-17(6-12-20)23(30)27-13-15-28(16-14-27)24(31)21-3-1-2-4-22(21)29/h1-12,26,29H,13-16H2. The van der Waals surface area contributed by atoms with Crippen LogP contribution in [0, 0.1) is 5.82 Å². The van der Waals surface area contributed by atoms with Gasteiger partial charge in [0.1, 0.15) is 11.6 Å². The summed E-state index contributed by atoms with van der Waals surface area (Å²) in [6, 6.07) is 16.8. The van der Waals surface area contributed by atoms with Crippen LogP contribution in [0.3, 0.4) is 0 Å². The van der Waals surface area contributed by atoms with Crippen molar-refractivity contribution in [2.75, 3.05) is 30.9 Å². The van der Waals surface area contributed by atoms with E-state index in [4.69, 9.17) is 0 Å². The third-order valence-corrected chi connectivity index (χ3v) is 6.89. The molecule has 0 radical (unpaired) electrons. The third-order valence-electron chi connectivity index (χ3n) is 5.50. The van der Waals surface area contributed by atoms with E-state index < -0.39 is 15.8 Å². The highest BCUT2D eigenvalue weighted by molar-refractivity contribution is 7.92. The topological polar surface area (TPSA) is 107 Å². The van der Waals surface area contributed by atoms with E-state index in [1.54, 1.807) is 28.0 Å². The van der Waals surface area contributed by atoms with Gasteiger partial charge in [-0.15, -0.1) is 0 Å². The molecule has 1 fully saturated rings. The molecule has 0 saturated carbocycles. The molecule has 3 aromatic rings. The van der Waals surface area contributed by atoms with E-state index in [0.717, 1.165) is 12.1 Å². The first-order chi connectivity index (χ1) is 16.2. The minimum absolute atomic E-state index is 0.0357. The molecule has 0 atom stereocenters. The summed E-state index contributed by atoms with van der Waals surface area (Å²) < 4.78 is 40.5. The Morgan fingerprint density at radius 3 is 1.94 bits per heavy atom. The molecule has 8 nitrogen and oxygen atoms in total. The average Bonchev–Trinajstić information content (AvgIpc) is 2.85. The highest BCUT2D eigenvalue weighted by atomic mass is 32.2. The van der Waals surface area contributed by atoms with Gasteiger partial charge in [-0.3, -0.25) is 14.3 Å². The molecule has 0 bridgehead atoms. The van der Waals surface area contributed by atoms with Gasteiger partial charge in [-0.2, -0.15) is 0 Å². The summed E-state index contributed by atoms with van der Waals surface area (Å²) >= 11 is 0. The molecular weight excluding hydrogens is 461 g/mol. The van der Waals surface area contributed by atoms with Crippen molar-refractivity contribution in [3.63, 3.8) is 0 Å². The van der Waals surface area contributed by atoms with Crippen LogP contribution in [0.25, 0.3) is 0 Å². The molecular formula is C24H22FN3O5S. The van der Waals surface area contributed by atoms with E-state index in [1.807, 2.05) is 0 Å². The van der Waals surface area contributed by atoms with Gasteiger partial charge in [-0.05, 0) is 60.7 Å². The zero-order valence-electron chi connectivity index (χ0n) is 18.0. The lowest BCUT2D eigenvalue weighted by atomic mass is 10.1. The fourth-order valence-corrected chi connectivity index (χ4v) is 4.69. The van der Waals surface area contributed by atoms with Gasteiger partial charge in [0, 0.05) is 37.4 Å². The van der Waals surface area contributed by atoms with Gasteiger partial charge < -0.3 is 14.9 Å². The molecule has 1 saturated heterocycles. The van der Waals surface area contributed by atoms with Crippen molar-refractivity contribution in [2.45, 2.75) is 4.90 Å². The summed E-state index contributed by atoms with van der Waals surface area (Å²) in [6.45, 7) is 1.24. The monoisotopic (exact) mass is 483 g/mol. The number of nitrogens with one attached hydrogen (secondary N) is 1. The minimum Gasteiger partial charge on any atom is -0.507 e. The van der Waals surface area contributed by atoms with Crippen molar-refractivity contribution in [3.05, 3.63) is 89.7 Å². The maximum Gasteiger partial charge on any atom is 0.261 e. The van der Waals surface area contributed by atoms with E-state index in [-0.39, 0.29) is 33.7 Å². The van der Waals surface area contributed by atoms with Crippen LogP contribution in [0.1, 0.15) is 20.7 Å². The molecule has 0 spiro atoms. The Morgan fingerprint density at radius 1 is 0.794 bits per heavy atom. The van der Waals surface area contributed by atoms with Crippen molar-refractivity contribution in [1.82, 2.24) is 9.80 Å². The van der Waals surface area contributed by atoms with Crippen LogP contribution < -0.4 is 4.72 Å². The van der Waals surface area contributed by atoms with Gasteiger partial charge in [0.05, 0.1) is 10.5 Å². The van der Waals surface area contributed by atoms with Gasteiger partial charge >= 0.3 is 0 Å². The molecule has 3 aromatic carbocycles. The van der Waals surface area contributed by atoms with E-state index in [9.17, 15) is 27.5 Å². The lowest BCUT2D eigenvalue weighted by Gasteiger charge is -2.35. The number of phenolic OH excluding ortho intramolecular Hbond substituents is 1. The second-order valence-corrected chi connectivity index (χ2v) is 9.42. The molecule has 1 heterocycles. The molecule has 0 aliphatic carbocycles. The zero-order valence-corrected chi connectivity index (χ0v) is 18.8. The highest BCUT2D eigenvalue weighted by Crippen LogP contribution is 2.20. The van der Waals surface area contributed by atoms with Crippen molar-refractivity contribution < 1.29 is 27.5 Å². The first-order valence-electron chi connectivity index (χ1n) is 10.5. The normalized spacial score (nSPS) is 14.0. The van der Waals surface area contributed by atoms with Gasteiger partial charge in [0.2, 0.25) is 0 Å². The molecule has 0 aromatic heterocycles. The number of carbonyl (C=O) groups excluding carboxylic acids is 2. The average molecular weight is 484 g/mol. The van der Waals surface area contributed by atoms with Gasteiger partial charge in [0.15, 0.2) is 0 Å². The summed E-state index contributed by atoms with van der Waals surface area (Å²) in [4.78, 5) is 28.6. The number of para-hydroxylation sites is 1. The molecule has 34 heavy (non-hydrogen) atoms. The summed E-state index contributed by atoms with van der Waals surface area (Å²) in [5.74, 6) is -1.14. The lowest BCUT2D eigenvalue weighted by Crippen LogP contribution is -2.50. The van der Waals surface area contributed by atoms with Gasteiger partial charge in [-0.1, -0.05) is 12.1 Å². The Hall–Kier alpha value is -3.92. The summed E-state index contributed by atoms with van der Waals surface area (Å²) in [7, 11) is -3.90. The molecule has 10 heteroatoms. The smallest absolute Gasteiger partial charge is 0.261 e.